The van der Waals surface area contributed by atoms with Gasteiger partial charge in [-0.1, -0.05) is 12.1 Å². The Hall–Kier alpha value is -3.27. The van der Waals surface area contributed by atoms with Crippen molar-refractivity contribution in [1.82, 2.24) is 24.5 Å². The minimum atomic E-state index is -1.12. The first-order valence-corrected chi connectivity index (χ1v) is 11.7. The molecule has 4 heterocycles. The maximum atomic E-state index is 11.6. The number of fused-ring (bicyclic) bond motifs is 2. The van der Waals surface area contributed by atoms with Gasteiger partial charge in [0.2, 0.25) is 5.95 Å². The lowest BCUT2D eigenvalue weighted by Gasteiger charge is -2.20. The molecule has 2 aliphatic heterocycles. The third kappa shape index (κ3) is 3.68. The SMILES string of the molecule is CC(C)n1ncnc1N1CC2=C(CCOc3cc(-c4cnn(C(C)(C)C(=O)O)c4)ccc32)S1. The van der Waals surface area contributed by atoms with Crippen molar-refractivity contribution in [2.45, 2.75) is 45.7 Å². The normalized spacial score (nSPS) is 16.0. The number of rotatable bonds is 5. The smallest absolute Gasteiger partial charge is 0.331 e. The highest BCUT2D eigenvalue weighted by atomic mass is 32.2. The molecule has 2 aliphatic rings. The van der Waals surface area contributed by atoms with Gasteiger partial charge in [0.05, 0.1) is 25.4 Å². The molecule has 0 bridgehead atoms. The highest BCUT2D eigenvalue weighted by Crippen LogP contribution is 2.46. The number of carboxylic acid groups (broad SMARTS) is 1. The summed E-state index contributed by atoms with van der Waals surface area (Å²) in [6.45, 7) is 8.78. The number of carboxylic acids is 1. The third-order valence-electron chi connectivity index (χ3n) is 6.03. The van der Waals surface area contributed by atoms with Crippen molar-refractivity contribution in [1.29, 1.82) is 0 Å². The van der Waals surface area contributed by atoms with Crippen LogP contribution in [-0.2, 0) is 10.3 Å². The number of carbonyl (C=O) groups is 1. The number of nitrogens with zero attached hydrogens (tertiary/aromatic N) is 6. The monoisotopic (exact) mass is 466 g/mol. The lowest BCUT2D eigenvalue weighted by Crippen LogP contribution is -2.35. The van der Waals surface area contributed by atoms with E-state index in [1.54, 1.807) is 44.5 Å². The maximum Gasteiger partial charge on any atom is 0.331 e. The van der Waals surface area contributed by atoms with Crippen LogP contribution in [0.5, 0.6) is 5.75 Å². The standard InChI is InChI=1S/C23H26N6O3S/c1-14(2)29-22(24-13-26-29)27-12-18-17-6-5-15(9-19(17)32-8-7-20(18)33-27)16-10-25-28(11-16)23(3,4)21(30)31/h5-6,9-11,13-14H,7-8,12H2,1-4H3,(H,30,31). The van der Waals surface area contributed by atoms with E-state index in [2.05, 4.69) is 39.4 Å². The molecule has 0 amide bonds. The molecule has 0 radical (unpaired) electrons. The van der Waals surface area contributed by atoms with E-state index in [9.17, 15) is 9.90 Å². The van der Waals surface area contributed by atoms with E-state index in [4.69, 9.17) is 4.74 Å². The lowest BCUT2D eigenvalue weighted by atomic mass is 10.00. The summed E-state index contributed by atoms with van der Waals surface area (Å²) in [7, 11) is 0. The Kier molecular flexibility index (Phi) is 5.19. The zero-order valence-electron chi connectivity index (χ0n) is 19.0. The summed E-state index contributed by atoms with van der Waals surface area (Å²) in [6, 6.07) is 6.37. The van der Waals surface area contributed by atoms with Crippen molar-refractivity contribution in [3.05, 3.63) is 47.4 Å². The molecule has 0 unspecified atom stereocenters. The first-order valence-electron chi connectivity index (χ1n) is 10.9. The topological polar surface area (TPSA) is 98.3 Å². The number of ether oxygens (including phenoxy) is 1. The van der Waals surface area contributed by atoms with Crippen LogP contribution in [-0.4, -0.2) is 48.8 Å². The van der Waals surface area contributed by atoms with Crippen LogP contribution in [0.1, 0.15) is 45.7 Å². The van der Waals surface area contributed by atoms with Crippen molar-refractivity contribution >= 4 is 29.4 Å². The zero-order valence-corrected chi connectivity index (χ0v) is 19.8. The average molecular weight is 467 g/mol. The number of hydrogen-bond donors (Lipinski definition) is 1. The molecule has 2 aromatic heterocycles. The van der Waals surface area contributed by atoms with Gasteiger partial charge in [-0.3, -0.25) is 8.99 Å². The predicted molar refractivity (Wildman–Crippen MR) is 127 cm³/mol. The zero-order chi connectivity index (χ0) is 23.3. The lowest BCUT2D eigenvalue weighted by molar-refractivity contribution is -0.146. The molecule has 0 fully saturated rings. The molecule has 9 nitrogen and oxygen atoms in total. The number of aliphatic carboxylic acids is 1. The molecule has 172 valence electrons. The minimum absolute atomic E-state index is 0.230. The van der Waals surface area contributed by atoms with Crippen molar-refractivity contribution in [2.24, 2.45) is 0 Å². The van der Waals surface area contributed by atoms with E-state index in [1.165, 1.54) is 15.2 Å². The minimum Gasteiger partial charge on any atom is -0.493 e. The van der Waals surface area contributed by atoms with E-state index in [1.807, 2.05) is 16.8 Å². The van der Waals surface area contributed by atoms with Crippen LogP contribution in [0.3, 0.4) is 0 Å². The van der Waals surface area contributed by atoms with Gasteiger partial charge >= 0.3 is 5.97 Å². The van der Waals surface area contributed by atoms with Crippen LogP contribution in [0.4, 0.5) is 5.95 Å². The largest absolute Gasteiger partial charge is 0.493 e. The fourth-order valence-electron chi connectivity index (χ4n) is 3.98. The Labute approximate surface area is 196 Å². The van der Waals surface area contributed by atoms with Crippen LogP contribution in [0, 0.1) is 0 Å². The highest BCUT2D eigenvalue weighted by Gasteiger charge is 2.32. The van der Waals surface area contributed by atoms with Crippen LogP contribution >= 0.6 is 11.9 Å². The summed E-state index contributed by atoms with van der Waals surface area (Å²) >= 11 is 1.71. The molecule has 0 atom stereocenters. The molecular weight excluding hydrogens is 440 g/mol. The van der Waals surface area contributed by atoms with Crippen molar-refractivity contribution in [3.8, 4) is 16.9 Å². The van der Waals surface area contributed by atoms with Gasteiger partial charge in [0.25, 0.3) is 0 Å². The van der Waals surface area contributed by atoms with Crippen LogP contribution in [0.2, 0.25) is 0 Å². The molecule has 0 saturated heterocycles. The Morgan fingerprint density at radius 3 is 2.82 bits per heavy atom. The van der Waals surface area contributed by atoms with Gasteiger partial charge in [0, 0.05) is 28.6 Å². The summed E-state index contributed by atoms with van der Waals surface area (Å²) in [5.41, 5.74) is 2.99. The van der Waals surface area contributed by atoms with E-state index in [0.717, 1.165) is 41.4 Å². The maximum absolute atomic E-state index is 11.6. The first-order chi connectivity index (χ1) is 15.8. The molecule has 0 saturated carbocycles. The summed E-state index contributed by atoms with van der Waals surface area (Å²) < 4.78 is 11.7. The van der Waals surface area contributed by atoms with E-state index in [-0.39, 0.29) is 6.04 Å². The molecule has 1 N–H and O–H groups in total. The number of benzene rings is 1. The Bertz CT molecular complexity index is 1260. The van der Waals surface area contributed by atoms with Gasteiger partial charge in [-0.25, -0.2) is 9.48 Å². The molecule has 5 rings (SSSR count). The van der Waals surface area contributed by atoms with Crippen LogP contribution in [0.25, 0.3) is 16.7 Å². The molecule has 0 spiro atoms. The summed E-state index contributed by atoms with van der Waals surface area (Å²) in [4.78, 5) is 17.4. The van der Waals surface area contributed by atoms with Gasteiger partial charge in [-0.15, -0.1) is 0 Å². The molecular formula is C23H26N6O3S. The average Bonchev–Trinajstić information content (AvgIpc) is 3.51. The second kappa shape index (κ2) is 7.95. The predicted octanol–water partition coefficient (Wildman–Crippen LogP) is 4.20. The Morgan fingerprint density at radius 2 is 2.06 bits per heavy atom. The van der Waals surface area contributed by atoms with E-state index in [0.29, 0.717) is 6.61 Å². The van der Waals surface area contributed by atoms with Crippen molar-refractivity contribution < 1.29 is 14.6 Å². The highest BCUT2D eigenvalue weighted by molar-refractivity contribution is 8.04. The molecule has 1 aromatic carbocycles. The number of hydrogen-bond acceptors (Lipinski definition) is 7. The Morgan fingerprint density at radius 1 is 1.24 bits per heavy atom. The van der Waals surface area contributed by atoms with E-state index >= 15 is 0 Å². The van der Waals surface area contributed by atoms with Gasteiger partial charge in [0.15, 0.2) is 5.54 Å². The van der Waals surface area contributed by atoms with Gasteiger partial charge in [0.1, 0.15) is 12.1 Å². The fraction of sp³-hybridized carbons (Fsp3) is 0.391. The quantitative estimate of drug-likeness (QED) is 0.559. The Balaban J connectivity index is 1.45. The molecule has 0 aliphatic carbocycles. The molecule has 33 heavy (non-hydrogen) atoms. The van der Waals surface area contributed by atoms with Crippen molar-refractivity contribution in [2.75, 3.05) is 17.5 Å². The van der Waals surface area contributed by atoms with Crippen LogP contribution < -0.4 is 9.04 Å². The number of anilines is 1. The second-order valence-electron chi connectivity index (χ2n) is 8.98. The molecule has 3 aromatic rings. The van der Waals surface area contributed by atoms with Gasteiger partial charge in [-0.2, -0.15) is 15.2 Å². The first kappa shape index (κ1) is 21.6. The van der Waals surface area contributed by atoms with E-state index < -0.39 is 11.5 Å². The van der Waals surface area contributed by atoms with Crippen LogP contribution in [0.15, 0.2) is 41.8 Å². The summed E-state index contributed by atoms with van der Waals surface area (Å²) in [5.74, 6) is 0.754. The van der Waals surface area contributed by atoms with Gasteiger partial charge in [-0.05, 0) is 56.8 Å². The second-order valence-corrected chi connectivity index (χ2v) is 10.1. The third-order valence-corrected chi connectivity index (χ3v) is 7.21. The molecule has 10 heteroatoms. The number of aromatic nitrogens is 5. The fourth-order valence-corrected chi connectivity index (χ4v) is 5.11. The van der Waals surface area contributed by atoms with Crippen molar-refractivity contribution in [3.63, 3.8) is 0 Å². The summed E-state index contributed by atoms with van der Waals surface area (Å²) in [5, 5.41) is 18.2. The summed E-state index contributed by atoms with van der Waals surface area (Å²) in [6.07, 6.45) is 5.90. The van der Waals surface area contributed by atoms with Gasteiger partial charge < -0.3 is 9.84 Å².